The number of halogens is 4. The number of hydrogen-bond acceptors (Lipinski definition) is 3. The molecule has 0 aliphatic rings. The van der Waals surface area contributed by atoms with Crippen LogP contribution in [0.1, 0.15) is 25.0 Å². The predicted molar refractivity (Wildman–Crippen MR) is 90.7 cm³/mol. The molecule has 0 heterocycles. The third kappa shape index (κ3) is 4.73. The van der Waals surface area contributed by atoms with Crippen LogP contribution in [0.2, 0.25) is 0 Å². The summed E-state index contributed by atoms with van der Waals surface area (Å²) in [6.45, 7) is 3.80. The van der Waals surface area contributed by atoms with E-state index in [-0.39, 0.29) is 12.2 Å². The van der Waals surface area contributed by atoms with E-state index < -0.39 is 37.9 Å². The highest BCUT2D eigenvalue weighted by atomic mass is 32.2. The molecule has 0 spiro atoms. The molecule has 0 aliphatic heterocycles. The van der Waals surface area contributed by atoms with E-state index in [9.17, 15) is 26.0 Å². The lowest BCUT2D eigenvalue weighted by Gasteiger charge is -2.26. The molecule has 2 aromatic carbocycles. The summed E-state index contributed by atoms with van der Waals surface area (Å²) in [6.07, 6.45) is -4.88. The fraction of sp³-hybridized carbons (Fsp3) is 0.294. The van der Waals surface area contributed by atoms with Crippen molar-refractivity contribution in [2.24, 2.45) is 5.14 Å². The van der Waals surface area contributed by atoms with Crippen LogP contribution in [0.5, 0.6) is 0 Å². The number of nitrogens with one attached hydrogen (secondary N) is 1. The average Bonchev–Trinajstić information content (AvgIpc) is 2.51. The Balaban J connectivity index is 2.30. The second kappa shape index (κ2) is 6.88. The zero-order valence-corrected chi connectivity index (χ0v) is 14.9. The van der Waals surface area contributed by atoms with Crippen LogP contribution in [0, 0.1) is 5.82 Å². The molecule has 0 unspecified atom stereocenters. The molecule has 2 aromatic rings. The van der Waals surface area contributed by atoms with Gasteiger partial charge in [0.2, 0.25) is 10.0 Å². The van der Waals surface area contributed by atoms with Crippen molar-refractivity contribution in [3.63, 3.8) is 0 Å². The van der Waals surface area contributed by atoms with Crippen molar-refractivity contribution in [2.45, 2.75) is 30.3 Å². The van der Waals surface area contributed by atoms with Gasteiger partial charge in [-0.1, -0.05) is 26.0 Å². The van der Waals surface area contributed by atoms with Gasteiger partial charge in [-0.2, -0.15) is 13.2 Å². The molecule has 0 aliphatic carbocycles. The molecular formula is C17H18F4N2O2S. The Hall–Kier alpha value is -2.13. The minimum Gasteiger partial charge on any atom is -0.384 e. The summed E-state index contributed by atoms with van der Waals surface area (Å²) in [7, 11) is -4.51. The van der Waals surface area contributed by atoms with Gasteiger partial charge in [-0.25, -0.2) is 17.9 Å². The number of benzene rings is 2. The Kier molecular flexibility index (Phi) is 5.34. The van der Waals surface area contributed by atoms with Gasteiger partial charge in [-0.05, 0) is 35.9 Å². The number of hydrogen-bond donors (Lipinski definition) is 2. The molecule has 0 radical (unpaired) electrons. The molecule has 26 heavy (non-hydrogen) atoms. The summed E-state index contributed by atoms with van der Waals surface area (Å²) in [5.41, 5.74) is -1.18. The fourth-order valence-electron chi connectivity index (χ4n) is 2.44. The van der Waals surface area contributed by atoms with Crippen molar-refractivity contribution < 1.29 is 26.0 Å². The lowest BCUT2D eigenvalue weighted by Crippen LogP contribution is -2.28. The fourth-order valence-corrected chi connectivity index (χ4v) is 3.18. The van der Waals surface area contributed by atoms with Crippen LogP contribution in [0.25, 0.3) is 0 Å². The Labute approximate surface area is 149 Å². The van der Waals surface area contributed by atoms with E-state index in [1.165, 1.54) is 18.2 Å². The average molecular weight is 390 g/mol. The van der Waals surface area contributed by atoms with Crippen LogP contribution in [-0.4, -0.2) is 15.0 Å². The molecule has 2 rings (SSSR count). The van der Waals surface area contributed by atoms with E-state index >= 15 is 0 Å². The second-order valence-electron chi connectivity index (χ2n) is 6.50. The summed E-state index contributed by atoms with van der Waals surface area (Å²) >= 11 is 0. The maximum absolute atomic E-state index is 13.4. The number of sulfonamides is 1. The van der Waals surface area contributed by atoms with Crippen LogP contribution in [0.4, 0.5) is 23.2 Å². The van der Waals surface area contributed by atoms with Crippen molar-refractivity contribution >= 4 is 15.7 Å². The smallest absolute Gasteiger partial charge is 0.384 e. The zero-order chi connectivity index (χ0) is 19.8. The van der Waals surface area contributed by atoms with Crippen LogP contribution in [0.3, 0.4) is 0 Å². The summed E-state index contributed by atoms with van der Waals surface area (Å²) < 4.78 is 75.6. The van der Waals surface area contributed by atoms with Crippen molar-refractivity contribution in [1.82, 2.24) is 0 Å². The number of alkyl halides is 3. The number of rotatable bonds is 5. The topological polar surface area (TPSA) is 72.2 Å². The van der Waals surface area contributed by atoms with E-state index in [1.807, 2.05) is 0 Å². The van der Waals surface area contributed by atoms with E-state index in [0.29, 0.717) is 11.6 Å². The summed E-state index contributed by atoms with van der Waals surface area (Å²) in [5.74, 6) is -0.410. The molecule has 0 saturated carbocycles. The Morgan fingerprint density at radius 1 is 1.08 bits per heavy atom. The van der Waals surface area contributed by atoms with Gasteiger partial charge in [-0.3, -0.25) is 0 Å². The monoisotopic (exact) mass is 390 g/mol. The Bertz CT molecular complexity index is 909. The van der Waals surface area contributed by atoms with E-state index in [4.69, 9.17) is 5.14 Å². The molecule has 0 aromatic heterocycles. The van der Waals surface area contributed by atoms with E-state index in [1.54, 1.807) is 26.0 Å². The molecule has 0 amide bonds. The van der Waals surface area contributed by atoms with E-state index in [0.717, 1.165) is 6.07 Å². The highest BCUT2D eigenvalue weighted by molar-refractivity contribution is 7.89. The maximum Gasteiger partial charge on any atom is 0.417 e. The summed E-state index contributed by atoms with van der Waals surface area (Å²) in [4.78, 5) is -0.986. The molecule has 0 saturated heterocycles. The van der Waals surface area contributed by atoms with Crippen molar-refractivity contribution in [1.29, 1.82) is 0 Å². The standard InChI is InChI=1S/C17H18F4N2O2S/c1-16(2,11-4-3-5-12(18)8-11)10-23-13-6-7-15(26(22,24)25)14(9-13)17(19,20)21/h3-9,23H,10H2,1-2H3,(H2,22,24,25). The Morgan fingerprint density at radius 3 is 2.27 bits per heavy atom. The van der Waals surface area contributed by atoms with Crippen LogP contribution in [0.15, 0.2) is 47.4 Å². The van der Waals surface area contributed by atoms with Crippen LogP contribution < -0.4 is 10.5 Å². The third-order valence-corrected chi connectivity index (χ3v) is 4.90. The highest BCUT2D eigenvalue weighted by Crippen LogP contribution is 2.36. The van der Waals surface area contributed by atoms with Crippen molar-refractivity contribution in [2.75, 3.05) is 11.9 Å². The van der Waals surface area contributed by atoms with Gasteiger partial charge in [0.25, 0.3) is 0 Å². The van der Waals surface area contributed by atoms with Gasteiger partial charge in [-0.15, -0.1) is 0 Å². The van der Waals surface area contributed by atoms with Gasteiger partial charge in [0.15, 0.2) is 0 Å². The van der Waals surface area contributed by atoms with Gasteiger partial charge in [0.1, 0.15) is 5.82 Å². The first-order valence-corrected chi connectivity index (χ1v) is 9.09. The number of anilines is 1. The first kappa shape index (κ1) is 20.2. The number of nitrogens with two attached hydrogens (primary N) is 1. The lowest BCUT2D eigenvalue weighted by molar-refractivity contribution is -0.139. The first-order valence-electron chi connectivity index (χ1n) is 7.55. The number of primary sulfonamides is 1. The van der Waals surface area contributed by atoms with E-state index in [2.05, 4.69) is 5.32 Å². The van der Waals surface area contributed by atoms with Crippen LogP contribution >= 0.6 is 0 Å². The normalized spacial score (nSPS) is 12.9. The maximum atomic E-state index is 13.4. The van der Waals surface area contributed by atoms with Crippen molar-refractivity contribution in [3.8, 4) is 0 Å². The minimum absolute atomic E-state index is 0.0780. The Morgan fingerprint density at radius 2 is 1.73 bits per heavy atom. The molecule has 0 bridgehead atoms. The second-order valence-corrected chi connectivity index (χ2v) is 8.03. The van der Waals surface area contributed by atoms with Crippen LogP contribution in [-0.2, 0) is 21.6 Å². The minimum atomic E-state index is -4.88. The summed E-state index contributed by atoms with van der Waals surface area (Å²) in [5, 5.41) is 7.69. The highest BCUT2D eigenvalue weighted by Gasteiger charge is 2.36. The largest absolute Gasteiger partial charge is 0.417 e. The van der Waals surface area contributed by atoms with Gasteiger partial charge in [0.05, 0.1) is 10.5 Å². The zero-order valence-electron chi connectivity index (χ0n) is 14.1. The first-order chi connectivity index (χ1) is 11.8. The molecule has 0 atom stereocenters. The SMILES string of the molecule is CC(C)(CNc1ccc(S(N)(=O)=O)c(C(F)(F)F)c1)c1cccc(F)c1. The van der Waals surface area contributed by atoms with Crippen molar-refractivity contribution in [3.05, 3.63) is 59.4 Å². The lowest BCUT2D eigenvalue weighted by atomic mass is 9.84. The third-order valence-electron chi connectivity index (χ3n) is 3.93. The molecule has 142 valence electrons. The predicted octanol–water partition coefficient (Wildman–Crippen LogP) is 3.88. The molecule has 3 N–H and O–H groups in total. The quantitative estimate of drug-likeness (QED) is 0.761. The molecular weight excluding hydrogens is 372 g/mol. The van der Waals surface area contributed by atoms with Gasteiger partial charge in [0, 0.05) is 17.6 Å². The molecule has 9 heteroatoms. The summed E-state index contributed by atoms with van der Waals surface area (Å²) in [6, 6.07) is 8.64. The van der Waals surface area contributed by atoms with Gasteiger partial charge >= 0.3 is 6.18 Å². The molecule has 4 nitrogen and oxygen atoms in total. The molecule has 0 fully saturated rings. The van der Waals surface area contributed by atoms with Gasteiger partial charge < -0.3 is 5.32 Å².